The lowest BCUT2D eigenvalue weighted by Crippen LogP contribution is -2.53. The zero-order valence-corrected chi connectivity index (χ0v) is 31.2. The number of anilines is 2. The van der Waals surface area contributed by atoms with Crippen molar-refractivity contribution in [1.29, 1.82) is 0 Å². The summed E-state index contributed by atoms with van der Waals surface area (Å²) in [4.78, 5) is 47.1. The molecule has 0 atom stereocenters. The maximum Gasteiger partial charge on any atom is 0.333 e. The standard InChI is InChI=1S/C45H44N4O3/c1-44(2)35(46(5)33-23-19-27-13-9-11-15-31(27)39(33)44)25-21-29-17-18-30(37(29)38-41(50)48(7)43(52)49(8)42(38)51)22-26-36-45(3,4)40-32-16-12-10-14-28(32)20-24-34(40)47(36)6/h9-16,19-26H,17-18H2,1-8H3. The van der Waals surface area contributed by atoms with Crippen molar-refractivity contribution >= 4 is 50.8 Å². The fourth-order valence-electron chi connectivity index (χ4n) is 9.17. The van der Waals surface area contributed by atoms with Crippen LogP contribution in [-0.4, -0.2) is 55.8 Å². The number of allylic oxidation sites excluding steroid dienone is 9. The van der Waals surface area contributed by atoms with E-state index in [0.29, 0.717) is 18.4 Å². The molecule has 0 bridgehead atoms. The molecule has 1 aliphatic carbocycles. The van der Waals surface area contributed by atoms with Crippen LogP contribution in [0.2, 0.25) is 0 Å². The predicted octanol–water partition coefficient (Wildman–Crippen LogP) is 8.91. The molecule has 1 saturated heterocycles. The predicted molar refractivity (Wildman–Crippen MR) is 210 cm³/mol. The molecule has 3 aliphatic heterocycles. The van der Waals surface area contributed by atoms with Crippen molar-refractivity contribution in [2.75, 3.05) is 38.0 Å². The lowest BCUT2D eigenvalue weighted by Gasteiger charge is -2.30. The number of benzene rings is 4. The second kappa shape index (κ2) is 11.7. The molecule has 0 aromatic heterocycles. The molecule has 8 rings (SSSR count). The van der Waals surface area contributed by atoms with Crippen molar-refractivity contribution in [3.63, 3.8) is 0 Å². The Morgan fingerprint density at radius 1 is 0.500 bits per heavy atom. The minimum absolute atomic E-state index is 0.0398. The van der Waals surface area contributed by atoms with E-state index in [4.69, 9.17) is 0 Å². The fourth-order valence-corrected chi connectivity index (χ4v) is 9.17. The van der Waals surface area contributed by atoms with Crippen LogP contribution in [0.25, 0.3) is 21.5 Å². The van der Waals surface area contributed by atoms with Gasteiger partial charge in [-0.2, -0.15) is 0 Å². The molecule has 262 valence electrons. The van der Waals surface area contributed by atoms with Crippen LogP contribution in [0.4, 0.5) is 16.2 Å². The Morgan fingerprint density at radius 2 is 0.904 bits per heavy atom. The number of hydrogen-bond donors (Lipinski definition) is 0. The van der Waals surface area contributed by atoms with Gasteiger partial charge in [0.2, 0.25) is 0 Å². The highest BCUT2D eigenvalue weighted by Gasteiger charge is 2.44. The van der Waals surface area contributed by atoms with Crippen LogP contribution in [0.15, 0.2) is 131 Å². The largest absolute Gasteiger partial charge is 0.347 e. The molecule has 7 heteroatoms. The Kier molecular flexibility index (Phi) is 7.51. The van der Waals surface area contributed by atoms with Crippen LogP contribution in [0.5, 0.6) is 0 Å². The molecule has 0 radical (unpaired) electrons. The Hall–Kier alpha value is -5.69. The molecule has 3 heterocycles. The summed E-state index contributed by atoms with van der Waals surface area (Å²) in [5.41, 5.74) is 9.04. The van der Waals surface area contributed by atoms with Crippen LogP contribution in [0.3, 0.4) is 0 Å². The van der Waals surface area contributed by atoms with E-state index in [0.717, 1.165) is 32.3 Å². The number of barbiturate groups is 1. The Balaban J connectivity index is 1.26. The van der Waals surface area contributed by atoms with Gasteiger partial charge in [0, 0.05) is 61.8 Å². The number of hydrogen-bond acceptors (Lipinski definition) is 5. The molecule has 4 aromatic carbocycles. The van der Waals surface area contributed by atoms with Crippen molar-refractivity contribution in [3.05, 3.63) is 142 Å². The molecule has 4 aliphatic rings. The monoisotopic (exact) mass is 688 g/mol. The minimum atomic E-state index is -0.628. The van der Waals surface area contributed by atoms with Gasteiger partial charge in [-0.25, -0.2) is 4.79 Å². The van der Waals surface area contributed by atoms with Crippen LogP contribution in [0, 0.1) is 0 Å². The van der Waals surface area contributed by atoms with Gasteiger partial charge in [0.25, 0.3) is 11.8 Å². The van der Waals surface area contributed by atoms with E-state index >= 15 is 0 Å². The zero-order valence-electron chi connectivity index (χ0n) is 31.2. The lowest BCUT2D eigenvalue weighted by molar-refractivity contribution is -0.134. The quantitative estimate of drug-likeness (QED) is 0.156. The highest BCUT2D eigenvalue weighted by atomic mass is 16.2. The SMILES string of the molecule is CN1C(=O)C(=C2C(=CC=C3N(C)c4ccc5ccccc5c4C3(C)C)CCC2=CC=C2N(C)c3ccc4ccccc4c3C2(C)C)C(=O)N(C)C1=O. The van der Waals surface area contributed by atoms with Crippen LogP contribution < -0.4 is 9.80 Å². The van der Waals surface area contributed by atoms with E-state index in [9.17, 15) is 14.4 Å². The number of carbonyl (C=O) groups excluding carboxylic acids is 3. The van der Waals surface area contributed by atoms with Crippen molar-refractivity contribution in [2.45, 2.75) is 51.4 Å². The van der Waals surface area contributed by atoms with Gasteiger partial charge in [0.1, 0.15) is 5.57 Å². The van der Waals surface area contributed by atoms with Crippen LogP contribution in [0.1, 0.15) is 51.7 Å². The molecule has 7 nitrogen and oxygen atoms in total. The Labute approximate surface area is 305 Å². The number of carbonyl (C=O) groups is 3. The number of likely N-dealkylation sites (N-methyl/N-ethyl adjacent to an activating group) is 4. The van der Waals surface area contributed by atoms with Gasteiger partial charge in [-0.15, -0.1) is 0 Å². The van der Waals surface area contributed by atoms with Crippen molar-refractivity contribution in [1.82, 2.24) is 9.80 Å². The molecule has 0 spiro atoms. The first-order valence-electron chi connectivity index (χ1n) is 17.9. The average molecular weight is 689 g/mol. The van der Waals surface area contributed by atoms with Gasteiger partial charge in [-0.05, 0) is 86.5 Å². The number of rotatable bonds is 2. The maximum atomic E-state index is 13.8. The number of imide groups is 2. The highest BCUT2D eigenvalue weighted by Crippen LogP contribution is 2.52. The molecule has 4 amide bonds. The first-order valence-corrected chi connectivity index (χ1v) is 17.9. The second-order valence-corrected chi connectivity index (χ2v) is 15.5. The molecule has 2 fully saturated rings. The average Bonchev–Trinajstić information content (AvgIpc) is 3.68. The third-order valence-electron chi connectivity index (χ3n) is 11.8. The summed E-state index contributed by atoms with van der Waals surface area (Å²) in [6, 6.07) is 25.1. The third kappa shape index (κ3) is 4.68. The van der Waals surface area contributed by atoms with Crippen LogP contribution >= 0.6 is 0 Å². The first-order chi connectivity index (χ1) is 24.7. The van der Waals surface area contributed by atoms with E-state index in [1.54, 1.807) is 0 Å². The number of amides is 4. The molecular formula is C45H44N4O3. The minimum Gasteiger partial charge on any atom is -0.347 e. The van der Waals surface area contributed by atoms with E-state index in [-0.39, 0.29) is 16.4 Å². The topological polar surface area (TPSA) is 64.2 Å². The second-order valence-electron chi connectivity index (χ2n) is 15.5. The molecular weight excluding hydrogens is 645 g/mol. The van der Waals surface area contributed by atoms with Gasteiger partial charge in [0.15, 0.2) is 0 Å². The Morgan fingerprint density at radius 3 is 1.33 bits per heavy atom. The smallest absolute Gasteiger partial charge is 0.333 e. The van der Waals surface area contributed by atoms with Gasteiger partial charge < -0.3 is 9.80 Å². The van der Waals surface area contributed by atoms with Crippen molar-refractivity contribution in [2.24, 2.45) is 0 Å². The third-order valence-corrected chi connectivity index (χ3v) is 11.8. The first kappa shape index (κ1) is 33.5. The Bertz CT molecular complexity index is 2270. The number of fused-ring (bicyclic) bond motifs is 6. The zero-order chi connectivity index (χ0) is 36.9. The van der Waals surface area contributed by atoms with Crippen molar-refractivity contribution < 1.29 is 14.4 Å². The number of urea groups is 1. The van der Waals surface area contributed by atoms with Crippen molar-refractivity contribution in [3.8, 4) is 0 Å². The maximum absolute atomic E-state index is 13.8. The van der Waals surface area contributed by atoms with Crippen LogP contribution in [-0.2, 0) is 20.4 Å². The summed E-state index contributed by atoms with van der Waals surface area (Å²) in [6.45, 7) is 9.01. The molecule has 4 aromatic rings. The van der Waals surface area contributed by atoms with Gasteiger partial charge in [0.05, 0.1) is 0 Å². The van der Waals surface area contributed by atoms with Gasteiger partial charge >= 0.3 is 6.03 Å². The van der Waals surface area contributed by atoms with E-state index in [1.807, 2.05) is 0 Å². The fraction of sp³-hybridized carbons (Fsp3) is 0.267. The summed E-state index contributed by atoms with van der Waals surface area (Å²) in [5.74, 6) is -1.15. The molecule has 0 unspecified atom stereocenters. The van der Waals surface area contributed by atoms with E-state index in [1.165, 1.54) is 58.1 Å². The normalized spacial score (nSPS) is 22.8. The van der Waals surface area contributed by atoms with E-state index in [2.05, 4.69) is 149 Å². The molecule has 1 saturated carbocycles. The highest BCUT2D eigenvalue weighted by molar-refractivity contribution is 6.29. The summed E-state index contributed by atoms with van der Waals surface area (Å²) in [7, 11) is 7.08. The summed E-state index contributed by atoms with van der Waals surface area (Å²) < 4.78 is 0. The molecule has 52 heavy (non-hydrogen) atoms. The lowest BCUT2D eigenvalue weighted by atomic mass is 9.81. The van der Waals surface area contributed by atoms with Gasteiger partial charge in [-0.1, -0.05) is 101 Å². The van der Waals surface area contributed by atoms with E-state index < -0.39 is 17.8 Å². The summed E-state index contributed by atoms with van der Waals surface area (Å²) in [5, 5.41) is 4.88. The van der Waals surface area contributed by atoms with Gasteiger partial charge in [-0.3, -0.25) is 19.4 Å². The number of nitrogens with zero attached hydrogens (tertiary/aromatic N) is 4. The molecule has 0 N–H and O–H groups in total. The summed E-state index contributed by atoms with van der Waals surface area (Å²) in [6.07, 6.45) is 9.79. The summed E-state index contributed by atoms with van der Waals surface area (Å²) >= 11 is 0.